The molecule has 0 unspecified atom stereocenters. The highest BCUT2D eigenvalue weighted by Gasteiger charge is 1.97. The van der Waals surface area contributed by atoms with Crippen molar-refractivity contribution in [3.8, 4) is 0 Å². The second-order valence-corrected chi connectivity index (χ2v) is 2.50. The van der Waals surface area contributed by atoms with E-state index in [1.165, 1.54) is 12.1 Å². The lowest BCUT2D eigenvalue weighted by Crippen LogP contribution is -1.85. The lowest BCUT2D eigenvalue weighted by molar-refractivity contribution is 0.627. The smallest absolute Gasteiger partial charge is 0.124 e. The van der Waals surface area contributed by atoms with Crippen LogP contribution in [0.1, 0.15) is 5.56 Å². The maximum Gasteiger partial charge on any atom is 0.124 e. The number of benzene rings is 1. The van der Waals surface area contributed by atoms with Crippen molar-refractivity contribution in [1.29, 1.82) is 0 Å². The molecule has 0 saturated carbocycles. The van der Waals surface area contributed by atoms with E-state index in [2.05, 4.69) is 0 Å². The van der Waals surface area contributed by atoms with Gasteiger partial charge in [0.2, 0.25) is 0 Å². The van der Waals surface area contributed by atoms with Crippen molar-refractivity contribution in [3.05, 3.63) is 34.6 Å². The third-order valence-corrected chi connectivity index (χ3v) is 1.75. The molecule has 0 N–H and O–H groups in total. The van der Waals surface area contributed by atoms with E-state index >= 15 is 0 Å². The van der Waals surface area contributed by atoms with E-state index in [-0.39, 0.29) is 5.82 Å². The molecule has 3 heteroatoms. The molecule has 0 aromatic heterocycles. The van der Waals surface area contributed by atoms with Gasteiger partial charge in [0.1, 0.15) is 13.7 Å². The van der Waals surface area contributed by atoms with Crippen molar-refractivity contribution in [2.75, 3.05) is 0 Å². The SMILES string of the molecule is BCc1ccc(F)cc1Cl. The monoisotopic (exact) mass is 156 g/mol. The van der Waals surface area contributed by atoms with Crippen LogP contribution in [0.5, 0.6) is 0 Å². The fraction of sp³-hybridized carbons (Fsp3) is 0.143. The molecule has 0 amide bonds. The molecule has 52 valence electrons. The molecule has 0 bridgehead atoms. The summed E-state index contributed by atoms with van der Waals surface area (Å²) in [5.74, 6) is -0.276. The summed E-state index contributed by atoms with van der Waals surface area (Å²) in [6.07, 6.45) is 0.846. The van der Waals surface area contributed by atoms with Gasteiger partial charge in [-0.25, -0.2) is 4.39 Å². The zero-order chi connectivity index (χ0) is 7.56. The van der Waals surface area contributed by atoms with E-state index in [9.17, 15) is 4.39 Å². The van der Waals surface area contributed by atoms with Crippen LogP contribution in [-0.2, 0) is 6.32 Å². The van der Waals surface area contributed by atoms with Gasteiger partial charge in [-0.05, 0) is 17.7 Å². The van der Waals surface area contributed by atoms with Crippen LogP contribution in [0.25, 0.3) is 0 Å². The van der Waals surface area contributed by atoms with Crippen molar-refractivity contribution in [1.82, 2.24) is 0 Å². The molecule has 10 heavy (non-hydrogen) atoms. The van der Waals surface area contributed by atoms with E-state index in [4.69, 9.17) is 11.6 Å². The van der Waals surface area contributed by atoms with Gasteiger partial charge in [-0.2, -0.15) is 0 Å². The average molecular weight is 156 g/mol. The van der Waals surface area contributed by atoms with Crippen LogP contribution in [0, 0.1) is 5.82 Å². The van der Waals surface area contributed by atoms with E-state index in [1.807, 2.05) is 7.85 Å². The highest BCUT2D eigenvalue weighted by atomic mass is 35.5. The standard InChI is InChI=1S/C7H7BClF/c8-4-5-1-2-6(10)3-7(5)9/h1-3H,4,8H2. The maximum absolute atomic E-state index is 12.4. The van der Waals surface area contributed by atoms with Crippen LogP contribution in [0.3, 0.4) is 0 Å². The molecular weight excluding hydrogens is 149 g/mol. The molecule has 0 fully saturated rings. The molecule has 1 aromatic rings. The predicted octanol–water partition coefficient (Wildman–Crippen LogP) is 1.61. The maximum atomic E-state index is 12.4. The molecule has 0 atom stereocenters. The molecular formula is C7H7BClF. The summed E-state index contributed by atoms with van der Waals surface area (Å²) < 4.78 is 12.4. The van der Waals surface area contributed by atoms with Crippen LogP contribution in [0.15, 0.2) is 18.2 Å². The Morgan fingerprint density at radius 3 is 2.70 bits per heavy atom. The van der Waals surface area contributed by atoms with Crippen molar-refractivity contribution < 1.29 is 4.39 Å². The van der Waals surface area contributed by atoms with Crippen molar-refractivity contribution in [2.24, 2.45) is 0 Å². The Hall–Kier alpha value is -0.495. The Morgan fingerprint density at radius 2 is 2.20 bits per heavy atom. The van der Waals surface area contributed by atoms with Gasteiger partial charge >= 0.3 is 0 Å². The second kappa shape index (κ2) is 3.06. The first-order valence-electron chi connectivity index (χ1n) is 3.18. The molecule has 0 spiro atoms. The molecule has 0 aliphatic rings. The fourth-order valence-corrected chi connectivity index (χ4v) is 1.11. The predicted molar refractivity (Wildman–Crippen MR) is 43.7 cm³/mol. The Kier molecular flexibility index (Phi) is 2.33. The van der Waals surface area contributed by atoms with Gasteiger partial charge < -0.3 is 0 Å². The summed E-state index contributed by atoms with van der Waals surface area (Å²) in [6.45, 7) is 0. The number of rotatable bonds is 1. The van der Waals surface area contributed by atoms with Crippen LogP contribution in [-0.4, -0.2) is 7.85 Å². The van der Waals surface area contributed by atoms with Gasteiger partial charge in [-0.1, -0.05) is 24.0 Å². The fourth-order valence-electron chi connectivity index (χ4n) is 0.808. The lowest BCUT2D eigenvalue weighted by Gasteiger charge is -1.98. The van der Waals surface area contributed by atoms with Gasteiger partial charge in [0.15, 0.2) is 0 Å². The Balaban J connectivity index is 3.07. The second-order valence-electron chi connectivity index (χ2n) is 2.09. The zero-order valence-corrected chi connectivity index (χ0v) is 6.45. The molecule has 1 aromatic carbocycles. The Morgan fingerprint density at radius 1 is 1.50 bits per heavy atom. The average Bonchev–Trinajstić information content (AvgIpc) is 1.88. The summed E-state index contributed by atoms with van der Waals surface area (Å²) in [7, 11) is 1.99. The quantitative estimate of drug-likeness (QED) is 0.542. The first-order chi connectivity index (χ1) is 4.74. The largest absolute Gasteiger partial charge is 0.207 e. The van der Waals surface area contributed by atoms with E-state index in [0.717, 1.165) is 11.9 Å². The summed E-state index contributed by atoms with van der Waals surface area (Å²) >= 11 is 5.69. The minimum absolute atomic E-state index is 0.276. The first kappa shape index (κ1) is 7.61. The van der Waals surface area contributed by atoms with Gasteiger partial charge in [-0.3, -0.25) is 0 Å². The topological polar surface area (TPSA) is 0 Å². The van der Waals surface area contributed by atoms with Crippen molar-refractivity contribution in [2.45, 2.75) is 6.32 Å². The Labute approximate surface area is 65.4 Å². The minimum atomic E-state index is -0.276. The van der Waals surface area contributed by atoms with E-state index in [1.54, 1.807) is 6.07 Å². The molecule has 0 radical (unpaired) electrons. The summed E-state index contributed by atoms with van der Waals surface area (Å²) in [5.41, 5.74) is 0.989. The van der Waals surface area contributed by atoms with Crippen LogP contribution in [0.4, 0.5) is 4.39 Å². The number of hydrogen-bond acceptors (Lipinski definition) is 0. The molecule has 0 aliphatic carbocycles. The van der Waals surface area contributed by atoms with Gasteiger partial charge in [0, 0.05) is 5.02 Å². The molecule has 0 nitrogen and oxygen atoms in total. The van der Waals surface area contributed by atoms with Crippen LogP contribution >= 0.6 is 11.6 Å². The number of halogens is 2. The van der Waals surface area contributed by atoms with Gasteiger partial charge in [-0.15, -0.1) is 0 Å². The molecule has 1 rings (SSSR count). The minimum Gasteiger partial charge on any atom is -0.207 e. The lowest BCUT2D eigenvalue weighted by atomic mass is 9.97. The van der Waals surface area contributed by atoms with E-state index < -0.39 is 0 Å². The first-order valence-corrected chi connectivity index (χ1v) is 3.55. The van der Waals surface area contributed by atoms with Crippen molar-refractivity contribution in [3.63, 3.8) is 0 Å². The summed E-state index contributed by atoms with van der Waals surface area (Å²) in [5, 5.41) is 0.516. The van der Waals surface area contributed by atoms with Gasteiger partial charge in [0.25, 0.3) is 0 Å². The summed E-state index contributed by atoms with van der Waals surface area (Å²) in [4.78, 5) is 0. The molecule has 0 heterocycles. The number of hydrogen-bond donors (Lipinski definition) is 0. The highest BCUT2D eigenvalue weighted by Crippen LogP contribution is 2.16. The van der Waals surface area contributed by atoms with E-state index in [0.29, 0.717) is 5.02 Å². The highest BCUT2D eigenvalue weighted by molar-refractivity contribution is 6.31. The van der Waals surface area contributed by atoms with Crippen LogP contribution in [0.2, 0.25) is 5.02 Å². The normalized spacial score (nSPS) is 9.80. The molecule has 0 aliphatic heterocycles. The van der Waals surface area contributed by atoms with Crippen LogP contribution < -0.4 is 0 Å². The zero-order valence-electron chi connectivity index (χ0n) is 5.70. The van der Waals surface area contributed by atoms with Crippen molar-refractivity contribution >= 4 is 19.4 Å². The summed E-state index contributed by atoms with van der Waals surface area (Å²) in [6, 6.07) is 4.46. The van der Waals surface area contributed by atoms with Gasteiger partial charge in [0.05, 0.1) is 0 Å². The third kappa shape index (κ3) is 1.51. The molecule has 0 saturated heterocycles. The Bertz CT molecular complexity index is 237. The third-order valence-electron chi connectivity index (χ3n) is 1.40.